The Balaban J connectivity index is 0.00000208. The van der Waals surface area contributed by atoms with Gasteiger partial charge in [0.1, 0.15) is 0 Å². The van der Waals surface area contributed by atoms with Crippen LogP contribution >= 0.6 is 24.0 Å². The number of ether oxygens (including phenoxy) is 1. The molecule has 0 aromatic carbocycles. The van der Waals surface area contributed by atoms with Gasteiger partial charge in [0.25, 0.3) is 0 Å². The number of hydrogen-bond donors (Lipinski definition) is 2. The molecule has 134 valence electrons. The lowest BCUT2D eigenvalue weighted by Gasteiger charge is -2.20. The topological polar surface area (TPSA) is 70.0 Å². The Kier molecular flexibility index (Phi) is 7.54. The maximum Gasteiger partial charge on any atom is 0.213 e. The van der Waals surface area contributed by atoms with E-state index in [1.54, 1.807) is 6.20 Å². The molecule has 0 radical (unpaired) electrons. The van der Waals surface area contributed by atoms with Crippen LogP contribution in [0, 0.1) is 5.92 Å². The summed E-state index contributed by atoms with van der Waals surface area (Å²) in [7, 11) is 0. The van der Waals surface area contributed by atoms with E-state index in [1.165, 1.54) is 12.8 Å². The zero-order valence-electron chi connectivity index (χ0n) is 14.1. The highest BCUT2D eigenvalue weighted by Crippen LogP contribution is 2.29. The molecule has 1 aliphatic carbocycles. The lowest BCUT2D eigenvalue weighted by Crippen LogP contribution is -2.40. The monoisotopic (exact) mass is 446 g/mol. The number of nitrogens with one attached hydrogen (secondary N) is 1. The summed E-state index contributed by atoms with van der Waals surface area (Å²) in [5.74, 6) is 2.27. The number of nitrogens with zero attached hydrogens (tertiary/aromatic N) is 3. The number of aromatic nitrogens is 1. The van der Waals surface area contributed by atoms with Crippen molar-refractivity contribution < 1.29 is 9.84 Å². The smallest absolute Gasteiger partial charge is 0.213 e. The van der Waals surface area contributed by atoms with Gasteiger partial charge < -0.3 is 20.1 Å². The largest absolute Gasteiger partial charge is 0.477 e. The van der Waals surface area contributed by atoms with Crippen LogP contribution < -0.4 is 10.1 Å². The van der Waals surface area contributed by atoms with E-state index in [2.05, 4.69) is 27.1 Å². The number of rotatable bonds is 6. The van der Waals surface area contributed by atoms with E-state index in [0.29, 0.717) is 19.0 Å². The molecular weight excluding hydrogens is 419 g/mol. The number of pyridine rings is 1. The molecule has 0 unspecified atom stereocenters. The highest BCUT2D eigenvalue weighted by molar-refractivity contribution is 14.0. The van der Waals surface area contributed by atoms with E-state index >= 15 is 0 Å². The first kappa shape index (κ1) is 19.2. The van der Waals surface area contributed by atoms with Crippen molar-refractivity contribution in [3.05, 3.63) is 23.9 Å². The van der Waals surface area contributed by atoms with Gasteiger partial charge in [-0.3, -0.25) is 0 Å². The molecule has 1 aromatic rings. The minimum Gasteiger partial charge on any atom is -0.477 e. The molecule has 1 aromatic heterocycles. The molecule has 1 saturated carbocycles. The highest BCUT2D eigenvalue weighted by Gasteiger charge is 2.23. The Morgan fingerprint density at radius 3 is 2.96 bits per heavy atom. The third-order valence-corrected chi connectivity index (χ3v) is 4.17. The molecule has 1 saturated heterocycles. The maximum absolute atomic E-state index is 9.70. The Labute approximate surface area is 160 Å². The zero-order chi connectivity index (χ0) is 16.1. The Bertz CT molecular complexity index is 551. The van der Waals surface area contributed by atoms with Gasteiger partial charge in [0.05, 0.1) is 19.3 Å². The Hall–Kier alpha value is -1.09. The van der Waals surface area contributed by atoms with Crippen LogP contribution in [0.2, 0.25) is 0 Å². The molecule has 1 atom stereocenters. The van der Waals surface area contributed by atoms with Crippen LogP contribution in [0.4, 0.5) is 0 Å². The third kappa shape index (κ3) is 5.77. The van der Waals surface area contributed by atoms with Crippen molar-refractivity contribution in [3.8, 4) is 5.88 Å². The van der Waals surface area contributed by atoms with E-state index in [-0.39, 0.29) is 30.1 Å². The van der Waals surface area contributed by atoms with Gasteiger partial charge in [-0.1, -0.05) is 0 Å². The molecule has 0 spiro atoms. The van der Waals surface area contributed by atoms with Gasteiger partial charge in [0.2, 0.25) is 5.88 Å². The fraction of sp³-hybridized carbons (Fsp3) is 0.647. The number of aliphatic imine (C=N–C) groups is 1. The summed E-state index contributed by atoms with van der Waals surface area (Å²) < 4.78 is 5.72. The summed E-state index contributed by atoms with van der Waals surface area (Å²) in [6, 6.07) is 3.93. The number of guanidine groups is 1. The number of aliphatic hydroxyl groups is 1. The molecule has 2 N–H and O–H groups in total. The van der Waals surface area contributed by atoms with Crippen molar-refractivity contribution in [1.29, 1.82) is 0 Å². The average Bonchev–Trinajstić information content (AvgIpc) is 3.30. The van der Waals surface area contributed by atoms with Crippen molar-refractivity contribution in [2.24, 2.45) is 10.9 Å². The van der Waals surface area contributed by atoms with Crippen molar-refractivity contribution in [2.75, 3.05) is 26.2 Å². The molecule has 7 heteroatoms. The van der Waals surface area contributed by atoms with Crippen LogP contribution in [0.5, 0.6) is 5.88 Å². The highest BCUT2D eigenvalue weighted by atomic mass is 127. The summed E-state index contributed by atoms with van der Waals surface area (Å²) >= 11 is 0. The molecule has 0 amide bonds. The Morgan fingerprint density at radius 1 is 1.46 bits per heavy atom. The number of likely N-dealkylation sites (tertiary alicyclic amines) is 1. The number of aliphatic hydroxyl groups excluding tert-OH is 1. The van der Waals surface area contributed by atoms with E-state index in [0.717, 1.165) is 43.6 Å². The first-order valence-corrected chi connectivity index (χ1v) is 8.53. The third-order valence-electron chi connectivity index (χ3n) is 4.17. The van der Waals surface area contributed by atoms with Crippen LogP contribution in [0.1, 0.15) is 31.7 Å². The number of halogens is 1. The lowest BCUT2D eigenvalue weighted by molar-refractivity contribution is 0.188. The summed E-state index contributed by atoms with van der Waals surface area (Å²) in [6.45, 7) is 5.72. The fourth-order valence-electron chi connectivity index (χ4n) is 2.64. The summed E-state index contributed by atoms with van der Waals surface area (Å²) in [5, 5.41) is 13.0. The van der Waals surface area contributed by atoms with E-state index in [4.69, 9.17) is 4.74 Å². The lowest BCUT2D eigenvalue weighted by atomic mass is 10.3. The molecular formula is C17H27IN4O2. The molecule has 2 aliphatic rings. The van der Waals surface area contributed by atoms with Gasteiger partial charge >= 0.3 is 0 Å². The standard InChI is InChI=1S/C17H26N4O2.HI/c1-2-18-17(21-8-6-15(22)11-21)20-10-14-5-7-19-16(9-14)23-12-13-3-4-13;/h5,7,9,13,15,22H,2-4,6,8,10-12H2,1H3,(H,18,20);1H/t15-;/m1./s1. The van der Waals surface area contributed by atoms with Crippen molar-refractivity contribution in [2.45, 2.75) is 38.8 Å². The van der Waals surface area contributed by atoms with Gasteiger partial charge in [-0.2, -0.15) is 0 Å². The fourth-order valence-corrected chi connectivity index (χ4v) is 2.64. The second-order valence-electron chi connectivity index (χ2n) is 6.32. The first-order valence-electron chi connectivity index (χ1n) is 8.53. The second kappa shape index (κ2) is 9.41. The van der Waals surface area contributed by atoms with Crippen molar-refractivity contribution >= 4 is 29.9 Å². The van der Waals surface area contributed by atoms with Gasteiger partial charge in [-0.05, 0) is 43.7 Å². The molecule has 6 nitrogen and oxygen atoms in total. The minimum absolute atomic E-state index is 0. The summed E-state index contributed by atoms with van der Waals surface area (Å²) in [6.07, 6.45) is 4.88. The van der Waals surface area contributed by atoms with Crippen LogP contribution in [-0.4, -0.2) is 53.3 Å². The van der Waals surface area contributed by atoms with Crippen LogP contribution in [0.25, 0.3) is 0 Å². The molecule has 1 aliphatic heterocycles. The van der Waals surface area contributed by atoms with E-state index < -0.39 is 0 Å². The first-order chi connectivity index (χ1) is 11.2. The van der Waals surface area contributed by atoms with Crippen LogP contribution in [0.15, 0.2) is 23.3 Å². The normalized spacial score (nSPS) is 20.7. The summed E-state index contributed by atoms with van der Waals surface area (Å²) in [5.41, 5.74) is 1.08. The minimum atomic E-state index is -0.248. The zero-order valence-corrected chi connectivity index (χ0v) is 16.5. The van der Waals surface area contributed by atoms with Crippen LogP contribution in [-0.2, 0) is 6.54 Å². The Morgan fingerprint density at radius 2 is 2.29 bits per heavy atom. The molecule has 2 heterocycles. The number of β-amino-alcohol motifs (C(OH)–C–C–N with tert-alkyl or cyclic N) is 1. The molecule has 2 fully saturated rings. The van der Waals surface area contributed by atoms with Gasteiger partial charge in [-0.15, -0.1) is 24.0 Å². The van der Waals surface area contributed by atoms with Gasteiger partial charge in [-0.25, -0.2) is 9.98 Å². The van der Waals surface area contributed by atoms with Crippen molar-refractivity contribution in [3.63, 3.8) is 0 Å². The van der Waals surface area contributed by atoms with Crippen molar-refractivity contribution in [1.82, 2.24) is 15.2 Å². The van der Waals surface area contributed by atoms with Crippen LogP contribution in [0.3, 0.4) is 0 Å². The maximum atomic E-state index is 9.70. The predicted molar refractivity (Wildman–Crippen MR) is 105 cm³/mol. The second-order valence-corrected chi connectivity index (χ2v) is 6.32. The van der Waals surface area contributed by atoms with E-state index in [9.17, 15) is 5.11 Å². The predicted octanol–water partition coefficient (Wildman–Crippen LogP) is 2.02. The molecule has 24 heavy (non-hydrogen) atoms. The van der Waals surface area contributed by atoms with E-state index in [1.807, 2.05) is 12.1 Å². The van der Waals surface area contributed by atoms with Gasteiger partial charge in [0, 0.05) is 31.9 Å². The molecule has 3 rings (SSSR count). The quantitative estimate of drug-likeness (QED) is 0.398. The number of hydrogen-bond acceptors (Lipinski definition) is 4. The SMILES string of the molecule is CCNC(=NCc1ccnc(OCC2CC2)c1)N1CC[C@@H](O)C1.I. The molecule has 0 bridgehead atoms. The van der Waals surface area contributed by atoms with Gasteiger partial charge in [0.15, 0.2) is 5.96 Å². The average molecular weight is 446 g/mol. The summed E-state index contributed by atoms with van der Waals surface area (Å²) in [4.78, 5) is 11.1.